The van der Waals surface area contributed by atoms with Crippen LogP contribution in [0.1, 0.15) is 18.9 Å². The first-order valence-electron chi connectivity index (χ1n) is 11.3. The van der Waals surface area contributed by atoms with Crippen molar-refractivity contribution in [3.63, 3.8) is 0 Å². The molecule has 4 aromatic rings. The second-order valence-electron chi connectivity index (χ2n) is 8.14. The number of benzene rings is 2. The second kappa shape index (κ2) is 10.4. The van der Waals surface area contributed by atoms with E-state index in [1.165, 1.54) is 11.8 Å². The summed E-state index contributed by atoms with van der Waals surface area (Å²) in [5, 5.41) is 10.1. The van der Waals surface area contributed by atoms with Crippen LogP contribution < -0.4 is 4.90 Å². The Morgan fingerprint density at radius 2 is 1.88 bits per heavy atom. The SMILES string of the molecule is CC1CCN(C(=O)CSc2nnc(-c3cccnc3)n2Cc2ccccc2)c2ccccc2S1. The number of carbonyl (C=O) groups excluding carboxylic acids is 1. The van der Waals surface area contributed by atoms with Gasteiger partial charge in [-0.05, 0) is 36.2 Å². The van der Waals surface area contributed by atoms with E-state index in [4.69, 9.17) is 0 Å². The Bertz CT molecular complexity index is 1260. The number of pyridine rings is 1. The highest BCUT2D eigenvalue weighted by Gasteiger charge is 2.25. The maximum atomic E-state index is 13.4. The summed E-state index contributed by atoms with van der Waals surface area (Å²) < 4.78 is 2.07. The molecule has 0 aliphatic carbocycles. The summed E-state index contributed by atoms with van der Waals surface area (Å²) in [5.74, 6) is 1.13. The molecular formula is C26H25N5OS2. The summed E-state index contributed by atoms with van der Waals surface area (Å²) in [7, 11) is 0. The number of nitrogens with zero attached hydrogens (tertiary/aromatic N) is 5. The molecule has 8 heteroatoms. The van der Waals surface area contributed by atoms with Gasteiger partial charge in [0.1, 0.15) is 0 Å². The maximum absolute atomic E-state index is 13.4. The van der Waals surface area contributed by atoms with Crippen LogP contribution in [0.5, 0.6) is 0 Å². The number of fused-ring (bicyclic) bond motifs is 1. The minimum atomic E-state index is 0.0874. The number of amides is 1. The third-order valence-electron chi connectivity index (χ3n) is 5.69. The van der Waals surface area contributed by atoms with Crippen molar-refractivity contribution in [2.45, 2.75) is 35.2 Å². The first-order chi connectivity index (χ1) is 16.7. The summed E-state index contributed by atoms with van der Waals surface area (Å²) in [4.78, 5) is 20.7. The molecule has 172 valence electrons. The molecule has 1 aliphatic rings. The predicted molar refractivity (Wildman–Crippen MR) is 138 cm³/mol. The van der Waals surface area contributed by atoms with Gasteiger partial charge in [0.2, 0.25) is 5.91 Å². The van der Waals surface area contributed by atoms with Gasteiger partial charge in [-0.3, -0.25) is 14.3 Å². The van der Waals surface area contributed by atoms with E-state index < -0.39 is 0 Å². The van der Waals surface area contributed by atoms with E-state index in [2.05, 4.69) is 44.9 Å². The summed E-state index contributed by atoms with van der Waals surface area (Å²) in [5.41, 5.74) is 3.05. The quantitative estimate of drug-likeness (QED) is 0.340. The van der Waals surface area contributed by atoms with E-state index >= 15 is 0 Å². The molecule has 0 spiro atoms. The minimum Gasteiger partial charge on any atom is -0.311 e. The third kappa shape index (κ3) is 5.03. The lowest BCUT2D eigenvalue weighted by Gasteiger charge is -2.22. The number of rotatable bonds is 6. The average molecular weight is 488 g/mol. The van der Waals surface area contributed by atoms with Crippen molar-refractivity contribution in [3.05, 3.63) is 84.7 Å². The Hall–Kier alpha value is -3.10. The fraction of sp³-hybridized carbons (Fsp3) is 0.231. The monoisotopic (exact) mass is 487 g/mol. The third-order valence-corrected chi connectivity index (χ3v) is 7.88. The Morgan fingerprint density at radius 1 is 1.06 bits per heavy atom. The van der Waals surface area contributed by atoms with Gasteiger partial charge >= 0.3 is 0 Å². The number of hydrogen-bond donors (Lipinski definition) is 0. The van der Waals surface area contributed by atoms with Gasteiger partial charge in [0, 0.05) is 34.6 Å². The number of aromatic nitrogens is 4. The van der Waals surface area contributed by atoms with E-state index in [0.717, 1.165) is 45.7 Å². The lowest BCUT2D eigenvalue weighted by molar-refractivity contribution is -0.116. The van der Waals surface area contributed by atoms with E-state index in [-0.39, 0.29) is 5.91 Å². The van der Waals surface area contributed by atoms with Crippen LogP contribution in [0.2, 0.25) is 0 Å². The van der Waals surface area contributed by atoms with Gasteiger partial charge in [0.05, 0.1) is 18.0 Å². The summed E-state index contributed by atoms with van der Waals surface area (Å²) in [6, 6.07) is 22.3. The molecule has 2 aromatic carbocycles. The summed E-state index contributed by atoms with van der Waals surface area (Å²) in [6.07, 6.45) is 4.50. The molecular weight excluding hydrogens is 462 g/mol. The number of anilines is 1. The minimum absolute atomic E-state index is 0.0874. The zero-order valence-electron chi connectivity index (χ0n) is 18.9. The fourth-order valence-electron chi connectivity index (χ4n) is 3.96. The van der Waals surface area contributed by atoms with Crippen LogP contribution in [0.4, 0.5) is 5.69 Å². The van der Waals surface area contributed by atoms with Crippen LogP contribution in [-0.2, 0) is 11.3 Å². The Morgan fingerprint density at radius 3 is 2.71 bits per heavy atom. The molecule has 1 amide bonds. The number of thioether (sulfide) groups is 2. The van der Waals surface area contributed by atoms with Crippen molar-refractivity contribution in [2.75, 3.05) is 17.2 Å². The molecule has 5 rings (SSSR count). The van der Waals surface area contributed by atoms with Gasteiger partial charge in [-0.2, -0.15) is 0 Å². The summed E-state index contributed by atoms with van der Waals surface area (Å²) >= 11 is 3.28. The Kier molecular flexibility index (Phi) is 6.97. The van der Waals surface area contributed by atoms with Crippen LogP contribution >= 0.6 is 23.5 Å². The van der Waals surface area contributed by atoms with Gasteiger partial charge in [-0.15, -0.1) is 22.0 Å². The standard InChI is InChI=1S/C26H25N5OS2/c1-19-13-15-30(22-11-5-6-12-23(22)34-19)24(32)18-33-26-29-28-25(21-10-7-14-27-16-21)31(26)17-20-8-3-2-4-9-20/h2-12,14,16,19H,13,15,17-18H2,1H3. The molecule has 3 heterocycles. The maximum Gasteiger partial charge on any atom is 0.237 e. The Balaban J connectivity index is 1.39. The van der Waals surface area contributed by atoms with E-state index in [0.29, 0.717) is 17.5 Å². The normalized spacial score (nSPS) is 15.6. The van der Waals surface area contributed by atoms with Gasteiger partial charge in [0.15, 0.2) is 11.0 Å². The highest BCUT2D eigenvalue weighted by Crippen LogP contribution is 2.37. The zero-order valence-corrected chi connectivity index (χ0v) is 20.5. The van der Waals surface area contributed by atoms with Gasteiger partial charge in [-0.25, -0.2) is 0 Å². The van der Waals surface area contributed by atoms with Crippen molar-refractivity contribution in [2.24, 2.45) is 0 Å². The van der Waals surface area contributed by atoms with Crippen LogP contribution in [0.25, 0.3) is 11.4 Å². The number of hydrogen-bond acceptors (Lipinski definition) is 6. The average Bonchev–Trinajstić information content (AvgIpc) is 3.18. The van der Waals surface area contributed by atoms with E-state index in [9.17, 15) is 4.79 Å². The lowest BCUT2D eigenvalue weighted by Crippen LogP contribution is -2.33. The van der Waals surface area contributed by atoms with Crippen molar-refractivity contribution >= 4 is 35.1 Å². The van der Waals surface area contributed by atoms with Gasteiger partial charge < -0.3 is 4.90 Å². The molecule has 6 nitrogen and oxygen atoms in total. The fourth-order valence-corrected chi connectivity index (χ4v) is 5.89. The molecule has 1 atom stereocenters. The number of para-hydroxylation sites is 1. The van der Waals surface area contributed by atoms with Crippen LogP contribution in [0, 0.1) is 0 Å². The highest BCUT2D eigenvalue weighted by atomic mass is 32.2. The molecule has 0 saturated carbocycles. The topological polar surface area (TPSA) is 63.9 Å². The summed E-state index contributed by atoms with van der Waals surface area (Å²) in [6.45, 7) is 3.56. The predicted octanol–water partition coefficient (Wildman–Crippen LogP) is 5.40. The first-order valence-corrected chi connectivity index (χ1v) is 13.1. The van der Waals surface area contributed by atoms with E-state index in [1.807, 2.05) is 65.2 Å². The zero-order chi connectivity index (χ0) is 23.3. The molecule has 0 saturated heterocycles. The lowest BCUT2D eigenvalue weighted by atomic mass is 10.2. The second-order valence-corrected chi connectivity index (χ2v) is 10.6. The van der Waals surface area contributed by atoms with Crippen molar-refractivity contribution in [3.8, 4) is 11.4 Å². The molecule has 0 bridgehead atoms. The first kappa shape index (κ1) is 22.7. The molecule has 34 heavy (non-hydrogen) atoms. The molecule has 1 aliphatic heterocycles. The molecule has 0 radical (unpaired) electrons. The van der Waals surface area contributed by atoms with Gasteiger partial charge in [0.25, 0.3) is 0 Å². The number of carbonyl (C=O) groups is 1. The van der Waals surface area contributed by atoms with Crippen LogP contribution in [-0.4, -0.2) is 43.2 Å². The van der Waals surface area contributed by atoms with Crippen molar-refractivity contribution in [1.82, 2.24) is 19.7 Å². The van der Waals surface area contributed by atoms with Crippen molar-refractivity contribution < 1.29 is 4.79 Å². The van der Waals surface area contributed by atoms with Crippen molar-refractivity contribution in [1.29, 1.82) is 0 Å². The molecule has 2 aromatic heterocycles. The van der Waals surface area contributed by atoms with Crippen LogP contribution in [0.3, 0.4) is 0 Å². The molecule has 0 N–H and O–H groups in total. The molecule has 1 unspecified atom stereocenters. The largest absolute Gasteiger partial charge is 0.311 e. The van der Waals surface area contributed by atoms with E-state index in [1.54, 1.807) is 12.4 Å². The smallest absolute Gasteiger partial charge is 0.237 e. The highest BCUT2D eigenvalue weighted by molar-refractivity contribution is 8.00. The van der Waals surface area contributed by atoms with Crippen LogP contribution in [0.15, 0.2) is 89.2 Å². The van der Waals surface area contributed by atoms with Gasteiger partial charge in [-0.1, -0.05) is 61.2 Å². The molecule has 0 fully saturated rings. The Labute approximate surface area is 207 Å².